The number of benzene rings is 1. The van der Waals surface area contributed by atoms with Crippen LogP contribution in [0.5, 0.6) is 5.75 Å². The maximum absolute atomic E-state index is 12.2. The third kappa shape index (κ3) is 5.69. The average Bonchev–Trinajstić information content (AvgIpc) is 2.58. The van der Waals surface area contributed by atoms with Crippen molar-refractivity contribution in [3.05, 3.63) is 29.8 Å². The second kappa shape index (κ2) is 8.70. The van der Waals surface area contributed by atoms with Crippen molar-refractivity contribution < 1.29 is 18.3 Å². The van der Waals surface area contributed by atoms with E-state index in [0.29, 0.717) is 18.3 Å². The highest BCUT2D eigenvalue weighted by atomic mass is 19.3. The van der Waals surface area contributed by atoms with Crippen LogP contribution in [-0.4, -0.2) is 37.1 Å². The monoisotopic (exact) mass is 326 g/mol. The molecule has 23 heavy (non-hydrogen) atoms. The van der Waals surface area contributed by atoms with Crippen molar-refractivity contribution in [2.45, 2.75) is 51.1 Å². The van der Waals surface area contributed by atoms with Gasteiger partial charge in [-0.25, -0.2) is 13.6 Å². The smallest absolute Gasteiger partial charge is 0.317 e. The largest absolute Gasteiger partial charge is 0.488 e. The van der Waals surface area contributed by atoms with Gasteiger partial charge in [0.15, 0.2) is 0 Å². The van der Waals surface area contributed by atoms with Gasteiger partial charge in [-0.05, 0) is 30.5 Å². The van der Waals surface area contributed by atoms with E-state index in [2.05, 4.69) is 5.32 Å². The highest BCUT2D eigenvalue weighted by Crippen LogP contribution is 2.21. The van der Waals surface area contributed by atoms with E-state index in [1.165, 1.54) is 19.3 Å². The standard InChI is InChI=1S/C17H24F2N2O2/c1-21(14-7-3-2-4-8-14)17(22)20-11-13-6-5-9-15(10-13)23-12-16(18)19/h5-6,9-10,14,16H,2-4,7-8,11-12H2,1H3,(H,20,22). The molecule has 1 aromatic rings. The fraction of sp³-hybridized carbons (Fsp3) is 0.588. The van der Waals surface area contributed by atoms with E-state index in [-0.39, 0.29) is 6.03 Å². The molecule has 1 aromatic carbocycles. The summed E-state index contributed by atoms with van der Waals surface area (Å²) in [5, 5.41) is 2.87. The number of nitrogens with zero attached hydrogens (tertiary/aromatic N) is 1. The van der Waals surface area contributed by atoms with Crippen molar-refractivity contribution in [3.63, 3.8) is 0 Å². The molecule has 1 aliphatic rings. The lowest BCUT2D eigenvalue weighted by Crippen LogP contribution is -2.44. The van der Waals surface area contributed by atoms with Gasteiger partial charge in [0.25, 0.3) is 6.43 Å². The van der Waals surface area contributed by atoms with Gasteiger partial charge in [0.05, 0.1) is 0 Å². The SMILES string of the molecule is CN(C(=O)NCc1cccc(OCC(F)F)c1)C1CCCCC1. The van der Waals surface area contributed by atoms with E-state index in [0.717, 1.165) is 18.4 Å². The van der Waals surface area contributed by atoms with Crippen LogP contribution in [-0.2, 0) is 6.54 Å². The summed E-state index contributed by atoms with van der Waals surface area (Å²) in [6.45, 7) is -0.276. The van der Waals surface area contributed by atoms with E-state index in [9.17, 15) is 13.6 Å². The molecule has 0 radical (unpaired) electrons. The number of carbonyl (C=O) groups is 1. The Morgan fingerprint density at radius 2 is 2.09 bits per heavy atom. The maximum Gasteiger partial charge on any atom is 0.317 e. The van der Waals surface area contributed by atoms with Crippen LogP contribution in [0.15, 0.2) is 24.3 Å². The van der Waals surface area contributed by atoms with E-state index < -0.39 is 13.0 Å². The Morgan fingerprint density at radius 3 is 2.78 bits per heavy atom. The van der Waals surface area contributed by atoms with Crippen LogP contribution in [0.2, 0.25) is 0 Å². The number of hydrogen-bond donors (Lipinski definition) is 1. The normalized spacial score (nSPS) is 15.5. The van der Waals surface area contributed by atoms with Crippen LogP contribution in [0, 0.1) is 0 Å². The molecular weight excluding hydrogens is 302 g/mol. The molecule has 2 rings (SSSR count). The Morgan fingerprint density at radius 1 is 1.35 bits per heavy atom. The summed E-state index contributed by atoms with van der Waals surface area (Å²) < 4.78 is 29.3. The topological polar surface area (TPSA) is 41.6 Å². The first-order chi connectivity index (χ1) is 11.1. The minimum absolute atomic E-state index is 0.101. The second-order valence-corrected chi connectivity index (χ2v) is 5.91. The summed E-state index contributed by atoms with van der Waals surface area (Å²) >= 11 is 0. The number of amides is 2. The number of halogens is 2. The fourth-order valence-corrected chi connectivity index (χ4v) is 2.84. The number of alkyl halides is 2. The van der Waals surface area contributed by atoms with Gasteiger partial charge in [-0.3, -0.25) is 0 Å². The zero-order valence-electron chi connectivity index (χ0n) is 13.4. The van der Waals surface area contributed by atoms with Gasteiger partial charge >= 0.3 is 6.03 Å². The molecule has 1 saturated carbocycles. The van der Waals surface area contributed by atoms with Gasteiger partial charge in [-0.1, -0.05) is 31.4 Å². The molecule has 0 atom stereocenters. The summed E-state index contributed by atoms with van der Waals surface area (Å²) in [6.07, 6.45) is 3.21. The van der Waals surface area contributed by atoms with Gasteiger partial charge in [0.2, 0.25) is 0 Å². The van der Waals surface area contributed by atoms with Gasteiger partial charge in [-0.2, -0.15) is 0 Å². The predicted molar refractivity (Wildman–Crippen MR) is 84.8 cm³/mol. The lowest BCUT2D eigenvalue weighted by Gasteiger charge is -2.31. The lowest BCUT2D eigenvalue weighted by molar-refractivity contribution is 0.0818. The summed E-state index contributed by atoms with van der Waals surface area (Å²) in [5.41, 5.74) is 0.821. The molecule has 0 saturated heterocycles. The number of ether oxygens (including phenoxy) is 1. The summed E-state index contributed by atoms with van der Waals surface area (Å²) in [5.74, 6) is 0.387. The Kier molecular flexibility index (Phi) is 6.62. The van der Waals surface area contributed by atoms with Crippen molar-refractivity contribution in [3.8, 4) is 5.75 Å². The predicted octanol–water partition coefficient (Wildman–Crippen LogP) is 3.80. The molecule has 0 heterocycles. The highest BCUT2D eigenvalue weighted by Gasteiger charge is 2.21. The van der Waals surface area contributed by atoms with Crippen LogP contribution in [0.3, 0.4) is 0 Å². The zero-order valence-corrected chi connectivity index (χ0v) is 13.4. The number of urea groups is 1. The van der Waals surface area contributed by atoms with Crippen LogP contribution in [0.4, 0.5) is 13.6 Å². The van der Waals surface area contributed by atoms with E-state index in [1.54, 1.807) is 23.1 Å². The average molecular weight is 326 g/mol. The first kappa shape index (κ1) is 17.5. The van der Waals surface area contributed by atoms with E-state index >= 15 is 0 Å². The van der Waals surface area contributed by atoms with Crippen molar-refractivity contribution in [1.82, 2.24) is 10.2 Å². The van der Waals surface area contributed by atoms with Crippen LogP contribution in [0.25, 0.3) is 0 Å². The summed E-state index contributed by atoms with van der Waals surface area (Å²) in [6, 6.07) is 7.06. The molecule has 1 N–H and O–H groups in total. The van der Waals surface area contributed by atoms with E-state index in [1.807, 2.05) is 13.1 Å². The molecule has 1 aliphatic carbocycles. The fourth-order valence-electron chi connectivity index (χ4n) is 2.84. The Bertz CT molecular complexity index is 505. The lowest BCUT2D eigenvalue weighted by atomic mass is 9.95. The van der Waals surface area contributed by atoms with Gasteiger partial charge in [0, 0.05) is 19.6 Å². The van der Waals surface area contributed by atoms with Crippen LogP contribution in [0.1, 0.15) is 37.7 Å². The minimum Gasteiger partial charge on any atom is -0.488 e. The van der Waals surface area contributed by atoms with Crippen LogP contribution < -0.4 is 10.1 Å². The molecular formula is C17H24F2N2O2. The molecule has 6 heteroatoms. The molecule has 0 spiro atoms. The molecule has 0 unspecified atom stereocenters. The zero-order chi connectivity index (χ0) is 16.7. The number of nitrogens with one attached hydrogen (secondary N) is 1. The van der Waals surface area contributed by atoms with Crippen molar-refractivity contribution >= 4 is 6.03 Å². The molecule has 0 aliphatic heterocycles. The number of rotatable bonds is 6. The quantitative estimate of drug-likeness (QED) is 0.864. The Hall–Kier alpha value is -1.85. The van der Waals surface area contributed by atoms with Crippen LogP contribution >= 0.6 is 0 Å². The maximum atomic E-state index is 12.2. The third-order valence-corrected chi connectivity index (χ3v) is 4.16. The van der Waals surface area contributed by atoms with E-state index in [4.69, 9.17) is 4.74 Å². The first-order valence-electron chi connectivity index (χ1n) is 8.07. The summed E-state index contributed by atoms with van der Waals surface area (Å²) in [7, 11) is 1.83. The number of carbonyl (C=O) groups excluding carboxylic acids is 1. The molecule has 128 valence electrons. The molecule has 4 nitrogen and oxygen atoms in total. The minimum atomic E-state index is -2.50. The number of hydrogen-bond acceptors (Lipinski definition) is 2. The van der Waals surface area contributed by atoms with Gasteiger partial charge < -0.3 is 15.0 Å². The highest BCUT2D eigenvalue weighted by molar-refractivity contribution is 5.74. The Balaban J connectivity index is 1.82. The summed E-state index contributed by atoms with van der Waals surface area (Å²) in [4.78, 5) is 14.0. The second-order valence-electron chi connectivity index (χ2n) is 5.91. The molecule has 0 aromatic heterocycles. The van der Waals surface area contributed by atoms with Crippen molar-refractivity contribution in [2.75, 3.05) is 13.7 Å². The first-order valence-corrected chi connectivity index (χ1v) is 8.07. The molecule has 1 fully saturated rings. The van der Waals surface area contributed by atoms with Crippen molar-refractivity contribution in [1.29, 1.82) is 0 Å². The third-order valence-electron chi connectivity index (χ3n) is 4.16. The molecule has 0 bridgehead atoms. The van der Waals surface area contributed by atoms with Crippen molar-refractivity contribution in [2.24, 2.45) is 0 Å². The molecule has 2 amide bonds. The Labute approximate surface area is 135 Å². The van der Waals surface area contributed by atoms with Gasteiger partial charge in [0.1, 0.15) is 12.4 Å². The van der Waals surface area contributed by atoms with Gasteiger partial charge in [-0.15, -0.1) is 0 Å².